The molecule has 0 radical (unpaired) electrons. The zero-order chi connectivity index (χ0) is 19.9. The molecule has 1 fully saturated rings. The summed E-state index contributed by atoms with van der Waals surface area (Å²) in [7, 11) is 1.38. The zero-order valence-corrected chi connectivity index (χ0v) is 15.4. The topological polar surface area (TPSA) is 70.4 Å². The molecule has 0 atom stereocenters. The maximum atomic E-state index is 13.8. The van der Waals surface area contributed by atoms with Gasteiger partial charge in [0.1, 0.15) is 5.54 Å². The minimum atomic E-state index is -1.56. The summed E-state index contributed by atoms with van der Waals surface area (Å²) in [6.07, 6.45) is -0.845. The van der Waals surface area contributed by atoms with E-state index in [1.165, 1.54) is 7.05 Å². The molecule has 2 aromatic rings. The van der Waals surface area contributed by atoms with Gasteiger partial charge in [0.25, 0.3) is 0 Å². The van der Waals surface area contributed by atoms with Gasteiger partial charge in [-0.05, 0) is 29.9 Å². The van der Waals surface area contributed by atoms with Crippen LogP contribution >= 0.6 is 0 Å². The van der Waals surface area contributed by atoms with Gasteiger partial charge in [-0.15, -0.1) is 0 Å². The van der Waals surface area contributed by atoms with E-state index in [-0.39, 0.29) is 25.2 Å². The van der Waals surface area contributed by atoms with Gasteiger partial charge in [0.15, 0.2) is 6.10 Å². The maximum absolute atomic E-state index is 13.8. The molecule has 1 amide bonds. The minimum Gasteiger partial charge on any atom is -0.436 e. The molecule has 0 heterocycles. The second-order valence-corrected chi connectivity index (χ2v) is 7.44. The molecule has 5 nitrogen and oxygen atoms in total. The number of carbonyl (C=O) groups excluding carboxylic acids is 2. The Balaban J connectivity index is 1.59. The van der Waals surface area contributed by atoms with E-state index in [0.29, 0.717) is 0 Å². The SMILES string of the molecule is CN(C(=O)OC1c2ccccc2-c2ccccc21)C1(C(=O)F)CC(CC#N)C1. The van der Waals surface area contributed by atoms with Gasteiger partial charge in [-0.2, -0.15) is 9.65 Å². The average Bonchev–Trinajstić information content (AvgIpc) is 2.98. The first kappa shape index (κ1) is 18.2. The number of amides is 1. The summed E-state index contributed by atoms with van der Waals surface area (Å²) >= 11 is 0. The first-order valence-corrected chi connectivity index (χ1v) is 9.17. The molecule has 6 heteroatoms. The molecule has 0 bridgehead atoms. The van der Waals surface area contributed by atoms with Crippen molar-refractivity contribution in [1.29, 1.82) is 5.26 Å². The number of fused-ring (bicyclic) bond motifs is 3. The van der Waals surface area contributed by atoms with E-state index in [1.807, 2.05) is 54.6 Å². The largest absolute Gasteiger partial charge is 0.436 e. The second-order valence-electron chi connectivity index (χ2n) is 7.44. The highest BCUT2D eigenvalue weighted by molar-refractivity contribution is 5.87. The fourth-order valence-electron chi connectivity index (χ4n) is 4.33. The van der Waals surface area contributed by atoms with Gasteiger partial charge in [-0.25, -0.2) is 4.79 Å². The third kappa shape index (κ3) is 2.66. The first-order chi connectivity index (χ1) is 13.5. The molecule has 0 unspecified atom stereocenters. The highest BCUT2D eigenvalue weighted by Gasteiger charge is 2.55. The van der Waals surface area contributed by atoms with Gasteiger partial charge in [0.2, 0.25) is 0 Å². The van der Waals surface area contributed by atoms with E-state index in [2.05, 4.69) is 0 Å². The number of hydrogen-bond donors (Lipinski definition) is 0. The fraction of sp³-hybridized carbons (Fsp3) is 0.318. The summed E-state index contributed by atoms with van der Waals surface area (Å²) in [5, 5.41) is 8.80. The number of nitriles is 1. The van der Waals surface area contributed by atoms with Crippen molar-refractivity contribution in [3.05, 3.63) is 59.7 Å². The molecule has 0 N–H and O–H groups in total. The van der Waals surface area contributed by atoms with E-state index >= 15 is 0 Å². The molecule has 2 aliphatic carbocycles. The Hall–Kier alpha value is -3.20. The van der Waals surface area contributed by atoms with Crippen LogP contribution in [-0.2, 0) is 9.53 Å². The monoisotopic (exact) mass is 378 g/mol. The normalized spacial score (nSPS) is 22.4. The van der Waals surface area contributed by atoms with Gasteiger partial charge in [0, 0.05) is 24.6 Å². The Morgan fingerprint density at radius 2 is 1.68 bits per heavy atom. The van der Waals surface area contributed by atoms with Crippen LogP contribution in [0.2, 0.25) is 0 Å². The predicted molar refractivity (Wildman–Crippen MR) is 99.8 cm³/mol. The number of rotatable bonds is 4. The predicted octanol–water partition coefficient (Wildman–Crippen LogP) is 4.38. The van der Waals surface area contributed by atoms with Crippen molar-refractivity contribution in [3.8, 4) is 17.2 Å². The Morgan fingerprint density at radius 1 is 1.14 bits per heavy atom. The molecule has 0 spiro atoms. The highest BCUT2D eigenvalue weighted by Crippen LogP contribution is 2.47. The summed E-state index contributed by atoms with van der Waals surface area (Å²) in [6, 6.07) is 15.8. The van der Waals surface area contributed by atoms with E-state index in [1.54, 1.807) is 0 Å². The molecule has 142 valence electrons. The quantitative estimate of drug-likeness (QED) is 0.740. The maximum Gasteiger partial charge on any atom is 0.411 e. The van der Waals surface area contributed by atoms with E-state index in [9.17, 15) is 14.0 Å². The first-order valence-electron chi connectivity index (χ1n) is 9.17. The summed E-state index contributed by atoms with van der Waals surface area (Å²) in [5.74, 6) is -0.0899. The van der Waals surface area contributed by atoms with E-state index in [4.69, 9.17) is 10.00 Å². The molecule has 2 aromatic carbocycles. The van der Waals surface area contributed by atoms with Crippen LogP contribution in [0.15, 0.2) is 48.5 Å². The highest BCUT2D eigenvalue weighted by atomic mass is 19.1. The number of nitrogens with zero attached hydrogens (tertiary/aromatic N) is 2. The fourth-order valence-corrected chi connectivity index (χ4v) is 4.33. The molecule has 4 rings (SSSR count). The lowest BCUT2D eigenvalue weighted by molar-refractivity contribution is -0.150. The van der Waals surface area contributed by atoms with Gasteiger partial charge < -0.3 is 4.74 Å². The van der Waals surface area contributed by atoms with Crippen molar-refractivity contribution < 1.29 is 18.7 Å². The summed E-state index contributed by atoms with van der Waals surface area (Å²) in [6.45, 7) is 0. The van der Waals surface area contributed by atoms with Gasteiger partial charge in [-0.1, -0.05) is 48.5 Å². The lowest BCUT2D eigenvalue weighted by atomic mass is 9.66. The second kappa shape index (κ2) is 6.75. The van der Waals surface area contributed by atoms with Crippen molar-refractivity contribution in [2.24, 2.45) is 5.92 Å². The third-order valence-electron chi connectivity index (χ3n) is 5.91. The molecule has 28 heavy (non-hydrogen) atoms. The van der Waals surface area contributed by atoms with Crippen LogP contribution in [0, 0.1) is 17.2 Å². The molecular formula is C22H19FN2O3. The van der Waals surface area contributed by atoms with E-state index < -0.39 is 23.8 Å². The third-order valence-corrected chi connectivity index (χ3v) is 5.91. The number of carbonyl (C=O) groups is 2. The van der Waals surface area contributed by atoms with Crippen molar-refractivity contribution in [1.82, 2.24) is 4.90 Å². The minimum absolute atomic E-state index is 0.0899. The van der Waals surface area contributed by atoms with Gasteiger partial charge in [-0.3, -0.25) is 9.69 Å². The summed E-state index contributed by atoms with van der Waals surface area (Å²) < 4.78 is 19.6. The van der Waals surface area contributed by atoms with Crippen LogP contribution in [0.5, 0.6) is 0 Å². The number of likely N-dealkylation sites (N-methyl/N-ethyl adjacent to an activating group) is 1. The number of ether oxygens (including phenoxy) is 1. The van der Waals surface area contributed by atoms with Crippen LogP contribution in [0.3, 0.4) is 0 Å². The van der Waals surface area contributed by atoms with Gasteiger partial charge in [0.05, 0.1) is 6.07 Å². The summed E-state index contributed by atoms with van der Waals surface area (Å²) in [5.41, 5.74) is 2.18. The molecule has 1 saturated carbocycles. The molecule has 0 saturated heterocycles. The van der Waals surface area contributed by atoms with Crippen molar-refractivity contribution in [3.63, 3.8) is 0 Å². The van der Waals surface area contributed by atoms with Crippen molar-refractivity contribution >= 4 is 12.1 Å². The van der Waals surface area contributed by atoms with Crippen molar-refractivity contribution in [2.45, 2.75) is 30.9 Å². The Kier molecular flexibility index (Phi) is 4.38. The zero-order valence-electron chi connectivity index (χ0n) is 15.4. The lowest BCUT2D eigenvalue weighted by Gasteiger charge is -2.48. The molecular weight excluding hydrogens is 359 g/mol. The average molecular weight is 378 g/mol. The van der Waals surface area contributed by atoms with Crippen LogP contribution in [-0.4, -0.2) is 29.6 Å². The number of benzene rings is 2. The molecule has 0 aliphatic heterocycles. The molecule has 2 aliphatic rings. The van der Waals surface area contributed by atoms with Crippen LogP contribution in [0.1, 0.15) is 36.5 Å². The van der Waals surface area contributed by atoms with Crippen LogP contribution < -0.4 is 0 Å². The lowest BCUT2D eigenvalue weighted by Crippen LogP contribution is -2.62. The number of hydrogen-bond acceptors (Lipinski definition) is 4. The molecule has 0 aromatic heterocycles. The summed E-state index contributed by atoms with van der Waals surface area (Å²) in [4.78, 5) is 25.6. The Morgan fingerprint density at radius 3 is 2.18 bits per heavy atom. The van der Waals surface area contributed by atoms with Crippen LogP contribution in [0.4, 0.5) is 9.18 Å². The van der Waals surface area contributed by atoms with E-state index in [0.717, 1.165) is 27.2 Å². The van der Waals surface area contributed by atoms with Crippen LogP contribution in [0.25, 0.3) is 11.1 Å². The Bertz CT molecular complexity index is 946. The number of halogens is 1. The Labute approximate surface area is 162 Å². The standard InChI is InChI=1S/C22H19FN2O3/c1-25(22(20(23)26)12-14(13-22)10-11-24)21(27)28-19-17-8-4-2-6-15(17)16-7-3-5-9-18(16)19/h2-9,14,19H,10,12-13H2,1H3. The van der Waals surface area contributed by atoms with Crippen molar-refractivity contribution in [2.75, 3.05) is 7.05 Å². The van der Waals surface area contributed by atoms with Gasteiger partial charge >= 0.3 is 12.1 Å². The smallest absolute Gasteiger partial charge is 0.411 e.